The summed E-state index contributed by atoms with van der Waals surface area (Å²) in [5, 5.41) is 8.00. The van der Waals surface area contributed by atoms with Gasteiger partial charge in [-0.2, -0.15) is 0 Å². The molecule has 0 bridgehead atoms. The van der Waals surface area contributed by atoms with Crippen LogP contribution in [0, 0.1) is 0 Å². The maximum Gasteiger partial charge on any atom is 0.161 e. The first-order valence-corrected chi connectivity index (χ1v) is 6.47. The van der Waals surface area contributed by atoms with E-state index < -0.39 is 0 Å². The van der Waals surface area contributed by atoms with Gasteiger partial charge >= 0.3 is 0 Å². The van der Waals surface area contributed by atoms with E-state index in [0.717, 1.165) is 22.8 Å². The Morgan fingerprint density at radius 1 is 1.35 bits per heavy atom. The number of nitrogens with zero attached hydrogens (tertiary/aromatic N) is 3. The van der Waals surface area contributed by atoms with Gasteiger partial charge in [0.15, 0.2) is 11.5 Å². The van der Waals surface area contributed by atoms with Crippen LogP contribution in [-0.4, -0.2) is 28.2 Å². The predicted molar refractivity (Wildman–Crippen MR) is 72.2 cm³/mol. The van der Waals surface area contributed by atoms with Crippen LogP contribution in [0.3, 0.4) is 0 Å². The smallest absolute Gasteiger partial charge is 0.161 e. The number of hydrogen-bond donors (Lipinski definition) is 2. The van der Waals surface area contributed by atoms with Gasteiger partial charge in [-0.05, 0) is 17.7 Å². The van der Waals surface area contributed by atoms with Gasteiger partial charge < -0.3 is 9.47 Å². The maximum atomic E-state index is 5.66. The van der Waals surface area contributed by atoms with Crippen LogP contribution in [-0.2, 0) is 13.5 Å². The fraction of sp³-hybridized carbons (Fsp3) is 0.385. The summed E-state index contributed by atoms with van der Waals surface area (Å²) in [4.78, 5) is 0. The number of aryl methyl sites for hydroxylation is 1. The van der Waals surface area contributed by atoms with Gasteiger partial charge in [0.25, 0.3) is 0 Å². The SMILES string of the molecule is Cn1cc(CC(NN)c2ccc3c(c2)OCCO3)nn1. The molecular formula is C13H17N5O2. The van der Waals surface area contributed by atoms with Crippen molar-refractivity contribution < 1.29 is 9.47 Å². The molecular weight excluding hydrogens is 258 g/mol. The summed E-state index contributed by atoms with van der Waals surface area (Å²) in [5.74, 6) is 7.19. The average molecular weight is 275 g/mol. The third kappa shape index (κ3) is 2.59. The van der Waals surface area contributed by atoms with Crippen molar-refractivity contribution in [1.29, 1.82) is 0 Å². The minimum Gasteiger partial charge on any atom is -0.486 e. The van der Waals surface area contributed by atoms with Crippen LogP contribution >= 0.6 is 0 Å². The van der Waals surface area contributed by atoms with E-state index in [1.165, 1.54) is 0 Å². The van der Waals surface area contributed by atoms with Gasteiger partial charge in [0.05, 0.1) is 11.7 Å². The molecule has 20 heavy (non-hydrogen) atoms. The fourth-order valence-corrected chi connectivity index (χ4v) is 2.25. The number of hydrogen-bond acceptors (Lipinski definition) is 6. The van der Waals surface area contributed by atoms with Crippen LogP contribution < -0.4 is 20.7 Å². The molecule has 0 aliphatic carbocycles. The number of nitrogens with two attached hydrogens (primary N) is 1. The Morgan fingerprint density at radius 2 is 2.15 bits per heavy atom. The summed E-state index contributed by atoms with van der Waals surface area (Å²) in [6.07, 6.45) is 2.53. The van der Waals surface area contributed by atoms with Crippen molar-refractivity contribution >= 4 is 0 Å². The van der Waals surface area contributed by atoms with Crippen molar-refractivity contribution in [3.63, 3.8) is 0 Å². The first-order valence-electron chi connectivity index (χ1n) is 6.47. The minimum atomic E-state index is -0.0532. The Kier molecular flexibility index (Phi) is 3.53. The number of fused-ring (bicyclic) bond motifs is 1. The lowest BCUT2D eigenvalue weighted by molar-refractivity contribution is 0.171. The van der Waals surface area contributed by atoms with Gasteiger partial charge in [0.2, 0.25) is 0 Å². The fourth-order valence-electron chi connectivity index (χ4n) is 2.25. The summed E-state index contributed by atoms with van der Waals surface area (Å²) in [6.45, 7) is 1.16. The molecule has 7 heteroatoms. The second kappa shape index (κ2) is 5.48. The quantitative estimate of drug-likeness (QED) is 0.618. The molecule has 3 N–H and O–H groups in total. The van der Waals surface area contributed by atoms with E-state index in [-0.39, 0.29) is 6.04 Å². The van der Waals surface area contributed by atoms with Crippen molar-refractivity contribution in [3.05, 3.63) is 35.7 Å². The van der Waals surface area contributed by atoms with Gasteiger partial charge in [0.1, 0.15) is 13.2 Å². The highest BCUT2D eigenvalue weighted by Gasteiger charge is 2.17. The second-order valence-electron chi connectivity index (χ2n) is 4.71. The molecule has 0 fully saturated rings. The van der Waals surface area contributed by atoms with Gasteiger partial charge in [-0.1, -0.05) is 11.3 Å². The third-order valence-electron chi connectivity index (χ3n) is 3.23. The Balaban J connectivity index is 1.81. The molecule has 1 aromatic carbocycles. The zero-order valence-electron chi connectivity index (χ0n) is 11.2. The average Bonchev–Trinajstić information content (AvgIpc) is 2.89. The van der Waals surface area contributed by atoms with Gasteiger partial charge in [-0.15, -0.1) is 5.10 Å². The molecule has 1 aliphatic rings. The summed E-state index contributed by atoms with van der Waals surface area (Å²) in [6, 6.07) is 5.79. The van der Waals surface area contributed by atoms with E-state index in [1.54, 1.807) is 4.68 Å². The summed E-state index contributed by atoms with van der Waals surface area (Å²) in [5.41, 5.74) is 4.72. The van der Waals surface area contributed by atoms with Crippen molar-refractivity contribution in [3.8, 4) is 11.5 Å². The summed E-state index contributed by atoms with van der Waals surface area (Å²) < 4.78 is 12.8. The van der Waals surface area contributed by atoms with Gasteiger partial charge in [-0.3, -0.25) is 16.0 Å². The lowest BCUT2D eigenvalue weighted by Gasteiger charge is -2.21. The standard InChI is InChI=1S/C13H17N5O2/c1-18-8-10(16-17-18)7-11(15-14)9-2-3-12-13(6-9)20-5-4-19-12/h2-3,6,8,11,15H,4-5,7,14H2,1H3. The highest BCUT2D eigenvalue weighted by atomic mass is 16.6. The molecule has 1 aliphatic heterocycles. The molecule has 2 heterocycles. The topological polar surface area (TPSA) is 87.2 Å². The molecule has 1 unspecified atom stereocenters. The summed E-state index contributed by atoms with van der Waals surface area (Å²) >= 11 is 0. The number of ether oxygens (including phenoxy) is 2. The Labute approximate surface area is 116 Å². The van der Waals surface area contributed by atoms with Crippen LogP contribution in [0.1, 0.15) is 17.3 Å². The molecule has 0 saturated carbocycles. The maximum absolute atomic E-state index is 5.66. The Hall–Kier alpha value is -2.12. The largest absolute Gasteiger partial charge is 0.486 e. The van der Waals surface area contributed by atoms with E-state index in [4.69, 9.17) is 15.3 Å². The van der Waals surface area contributed by atoms with Crippen LogP contribution in [0.25, 0.3) is 0 Å². The molecule has 3 rings (SSSR count). The molecule has 0 radical (unpaired) electrons. The molecule has 0 amide bonds. The van der Waals surface area contributed by atoms with E-state index >= 15 is 0 Å². The predicted octanol–water partition coefficient (Wildman–Crippen LogP) is 0.333. The first kappa shape index (κ1) is 12.9. The van der Waals surface area contributed by atoms with Crippen LogP contribution in [0.2, 0.25) is 0 Å². The zero-order valence-corrected chi connectivity index (χ0v) is 11.2. The van der Waals surface area contributed by atoms with Crippen LogP contribution in [0.5, 0.6) is 11.5 Å². The molecule has 0 spiro atoms. The van der Waals surface area contributed by atoms with Crippen molar-refractivity contribution in [2.24, 2.45) is 12.9 Å². The molecule has 1 aromatic heterocycles. The third-order valence-corrected chi connectivity index (χ3v) is 3.23. The molecule has 2 aromatic rings. The highest BCUT2D eigenvalue weighted by molar-refractivity contribution is 5.44. The molecule has 0 saturated heterocycles. The first-order chi connectivity index (χ1) is 9.76. The van der Waals surface area contributed by atoms with Gasteiger partial charge in [-0.25, -0.2) is 0 Å². The molecule has 106 valence electrons. The number of aromatic nitrogens is 3. The van der Waals surface area contributed by atoms with E-state index in [0.29, 0.717) is 19.6 Å². The minimum absolute atomic E-state index is 0.0532. The second-order valence-corrected chi connectivity index (χ2v) is 4.71. The monoisotopic (exact) mass is 275 g/mol. The van der Waals surface area contributed by atoms with Crippen LogP contribution in [0.15, 0.2) is 24.4 Å². The lowest BCUT2D eigenvalue weighted by Crippen LogP contribution is -2.30. The number of benzene rings is 1. The highest BCUT2D eigenvalue weighted by Crippen LogP contribution is 2.33. The van der Waals surface area contributed by atoms with Crippen molar-refractivity contribution in [1.82, 2.24) is 20.4 Å². The Morgan fingerprint density at radius 3 is 2.85 bits per heavy atom. The molecule has 1 atom stereocenters. The number of rotatable bonds is 4. The number of hydrazine groups is 1. The lowest BCUT2D eigenvalue weighted by atomic mass is 10.0. The Bertz CT molecular complexity index is 598. The van der Waals surface area contributed by atoms with E-state index in [9.17, 15) is 0 Å². The van der Waals surface area contributed by atoms with Crippen LogP contribution in [0.4, 0.5) is 0 Å². The normalized spacial score (nSPS) is 15.1. The summed E-state index contributed by atoms with van der Waals surface area (Å²) in [7, 11) is 1.84. The van der Waals surface area contributed by atoms with E-state index in [2.05, 4.69) is 15.7 Å². The molecule has 7 nitrogen and oxygen atoms in total. The van der Waals surface area contributed by atoms with Crippen molar-refractivity contribution in [2.75, 3.05) is 13.2 Å². The van der Waals surface area contributed by atoms with Gasteiger partial charge in [0, 0.05) is 19.7 Å². The van der Waals surface area contributed by atoms with E-state index in [1.807, 2.05) is 31.4 Å². The number of nitrogens with one attached hydrogen (secondary N) is 1. The zero-order chi connectivity index (χ0) is 13.9. The van der Waals surface area contributed by atoms with Crippen molar-refractivity contribution in [2.45, 2.75) is 12.5 Å².